The van der Waals surface area contributed by atoms with E-state index in [4.69, 9.17) is 14.2 Å². The lowest BCUT2D eigenvalue weighted by atomic mass is 9.93. The molecule has 26 heavy (non-hydrogen) atoms. The molecule has 2 saturated heterocycles. The Hall–Kier alpha value is -1.86. The molecule has 0 aliphatic carbocycles. The van der Waals surface area contributed by atoms with Gasteiger partial charge in [0.05, 0.1) is 19.3 Å². The van der Waals surface area contributed by atoms with Crippen molar-refractivity contribution in [3.8, 4) is 5.75 Å². The second-order valence-corrected chi connectivity index (χ2v) is 7.87. The summed E-state index contributed by atoms with van der Waals surface area (Å²) in [4.78, 5) is 18.4. The standard InChI is InChI=1S/C19H28N2O5/c1-19(2,3)26-18(23)21-9-5-4-6-15(21)17(22)14-10-20-8-7-16(14)25-13-11-24-12-13/h7-8,10,13,15,17,22H,4-6,9,11-12H2,1-3H3/t15-,17?/m1/s1. The van der Waals surface area contributed by atoms with Crippen molar-refractivity contribution in [1.82, 2.24) is 9.88 Å². The van der Waals surface area contributed by atoms with Gasteiger partial charge in [0.15, 0.2) is 0 Å². The number of hydrogen-bond donors (Lipinski definition) is 1. The molecule has 2 fully saturated rings. The molecule has 144 valence electrons. The fourth-order valence-electron chi connectivity index (χ4n) is 3.23. The third-order valence-corrected chi connectivity index (χ3v) is 4.57. The van der Waals surface area contributed by atoms with Gasteiger partial charge in [-0.05, 0) is 46.1 Å². The Labute approximate surface area is 154 Å². The van der Waals surface area contributed by atoms with Gasteiger partial charge in [-0.15, -0.1) is 0 Å². The number of aliphatic hydroxyl groups excluding tert-OH is 1. The molecule has 3 rings (SSSR count). The highest BCUT2D eigenvalue weighted by atomic mass is 16.6. The van der Waals surface area contributed by atoms with E-state index in [1.807, 2.05) is 20.8 Å². The van der Waals surface area contributed by atoms with Crippen molar-refractivity contribution < 1.29 is 24.1 Å². The smallest absolute Gasteiger partial charge is 0.410 e. The molecule has 0 radical (unpaired) electrons. The van der Waals surface area contributed by atoms with Crippen molar-refractivity contribution in [2.45, 2.75) is 63.9 Å². The summed E-state index contributed by atoms with van der Waals surface area (Å²) in [6.45, 7) is 7.19. The van der Waals surface area contributed by atoms with Crippen LogP contribution in [-0.4, -0.2) is 58.6 Å². The Bertz CT molecular complexity index is 627. The number of rotatable bonds is 4. The molecule has 7 heteroatoms. The summed E-state index contributed by atoms with van der Waals surface area (Å²) in [6.07, 6.45) is 4.54. The van der Waals surface area contributed by atoms with Crippen molar-refractivity contribution in [2.24, 2.45) is 0 Å². The summed E-state index contributed by atoms with van der Waals surface area (Å²) < 4.78 is 16.6. The van der Waals surface area contributed by atoms with Crippen molar-refractivity contribution in [3.05, 3.63) is 24.0 Å². The van der Waals surface area contributed by atoms with Crippen molar-refractivity contribution >= 4 is 6.09 Å². The summed E-state index contributed by atoms with van der Waals surface area (Å²) in [5.41, 5.74) is 0.0245. The molecule has 1 N–H and O–H groups in total. The number of hydrogen-bond acceptors (Lipinski definition) is 6. The third-order valence-electron chi connectivity index (χ3n) is 4.57. The Morgan fingerprint density at radius 1 is 1.38 bits per heavy atom. The quantitative estimate of drug-likeness (QED) is 0.885. The number of ether oxygens (including phenoxy) is 3. The topological polar surface area (TPSA) is 81.1 Å². The lowest BCUT2D eigenvalue weighted by Crippen LogP contribution is -2.48. The average Bonchev–Trinajstić information content (AvgIpc) is 2.56. The molecule has 0 bridgehead atoms. The first-order valence-corrected chi connectivity index (χ1v) is 9.21. The van der Waals surface area contributed by atoms with E-state index in [-0.39, 0.29) is 18.2 Å². The lowest BCUT2D eigenvalue weighted by Gasteiger charge is -2.39. The van der Waals surface area contributed by atoms with Gasteiger partial charge in [-0.1, -0.05) is 0 Å². The third kappa shape index (κ3) is 4.45. The van der Waals surface area contributed by atoms with Crippen LogP contribution in [0.5, 0.6) is 5.75 Å². The Morgan fingerprint density at radius 3 is 2.81 bits per heavy atom. The van der Waals surface area contributed by atoms with E-state index in [0.717, 1.165) is 12.8 Å². The fraction of sp³-hybridized carbons (Fsp3) is 0.684. The Morgan fingerprint density at radius 2 is 2.15 bits per heavy atom. The van der Waals surface area contributed by atoms with E-state index >= 15 is 0 Å². The van der Waals surface area contributed by atoms with Crippen LogP contribution < -0.4 is 4.74 Å². The van der Waals surface area contributed by atoms with Gasteiger partial charge in [0.25, 0.3) is 0 Å². The minimum absolute atomic E-state index is 0.00309. The van der Waals surface area contributed by atoms with Gasteiger partial charge in [0, 0.05) is 24.5 Å². The molecule has 1 unspecified atom stereocenters. The second-order valence-electron chi connectivity index (χ2n) is 7.87. The monoisotopic (exact) mass is 364 g/mol. The molecule has 1 amide bonds. The molecule has 1 aromatic rings. The van der Waals surface area contributed by atoms with Gasteiger partial charge < -0.3 is 24.2 Å². The van der Waals surface area contributed by atoms with Crippen molar-refractivity contribution in [1.29, 1.82) is 0 Å². The summed E-state index contributed by atoms with van der Waals surface area (Å²) in [5, 5.41) is 11.0. The molecular formula is C19H28N2O5. The van der Waals surface area contributed by atoms with E-state index in [1.165, 1.54) is 0 Å². The highest BCUT2D eigenvalue weighted by Crippen LogP contribution is 2.34. The largest absolute Gasteiger partial charge is 0.485 e. The summed E-state index contributed by atoms with van der Waals surface area (Å²) in [5.74, 6) is 0.593. The highest BCUT2D eigenvalue weighted by molar-refractivity contribution is 5.69. The van der Waals surface area contributed by atoms with Crippen LogP contribution in [0.25, 0.3) is 0 Å². The maximum Gasteiger partial charge on any atom is 0.410 e. The molecule has 1 aromatic heterocycles. The molecule has 7 nitrogen and oxygen atoms in total. The van der Waals surface area contributed by atoms with E-state index < -0.39 is 11.7 Å². The van der Waals surface area contributed by atoms with Gasteiger partial charge in [-0.2, -0.15) is 0 Å². The number of carbonyl (C=O) groups excluding carboxylic acids is 1. The number of pyridine rings is 1. The first kappa shape index (κ1) is 18.9. The minimum Gasteiger partial charge on any atom is -0.485 e. The molecule has 3 heterocycles. The summed E-state index contributed by atoms with van der Waals surface area (Å²) in [7, 11) is 0. The molecule has 0 aromatic carbocycles. The molecule has 2 atom stereocenters. The number of nitrogens with zero attached hydrogens (tertiary/aromatic N) is 2. The van der Waals surface area contributed by atoms with Gasteiger partial charge in [-0.3, -0.25) is 4.98 Å². The van der Waals surface area contributed by atoms with Crippen molar-refractivity contribution in [3.63, 3.8) is 0 Å². The molecule has 0 spiro atoms. The van der Waals surface area contributed by atoms with E-state index in [9.17, 15) is 9.90 Å². The molecule has 2 aliphatic rings. The van der Waals surface area contributed by atoms with Crippen LogP contribution in [0.4, 0.5) is 4.79 Å². The lowest BCUT2D eigenvalue weighted by molar-refractivity contribution is -0.0812. The predicted molar refractivity (Wildman–Crippen MR) is 95.0 cm³/mol. The zero-order valence-electron chi connectivity index (χ0n) is 15.7. The molecular weight excluding hydrogens is 336 g/mol. The van der Waals surface area contributed by atoms with Gasteiger partial charge in [0.2, 0.25) is 0 Å². The fourth-order valence-corrected chi connectivity index (χ4v) is 3.23. The first-order valence-electron chi connectivity index (χ1n) is 9.21. The predicted octanol–water partition coefficient (Wildman–Crippen LogP) is 2.68. The normalized spacial score (nSPS) is 22.5. The number of aliphatic hydroxyl groups is 1. The second kappa shape index (κ2) is 7.80. The van der Waals surface area contributed by atoms with Gasteiger partial charge in [0.1, 0.15) is 23.6 Å². The number of amides is 1. The molecule has 0 saturated carbocycles. The number of carbonyl (C=O) groups is 1. The van der Waals surface area contributed by atoms with Crippen LogP contribution in [0.3, 0.4) is 0 Å². The van der Waals surface area contributed by atoms with Crippen molar-refractivity contribution in [2.75, 3.05) is 19.8 Å². The van der Waals surface area contributed by atoms with Crippen LogP contribution in [0.1, 0.15) is 51.7 Å². The SMILES string of the molecule is CC(C)(C)OC(=O)N1CCCC[C@@H]1C(O)c1cnccc1OC1COC1. The number of aromatic nitrogens is 1. The Kier molecular flexibility index (Phi) is 5.67. The van der Waals surface area contributed by atoms with Gasteiger partial charge >= 0.3 is 6.09 Å². The van der Waals surface area contributed by atoms with Crippen LogP contribution in [-0.2, 0) is 9.47 Å². The Balaban J connectivity index is 1.78. The van der Waals surface area contributed by atoms with E-state index in [2.05, 4.69) is 4.98 Å². The van der Waals surface area contributed by atoms with E-state index in [1.54, 1.807) is 23.4 Å². The first-order chi connectivity index (χ1) is 12.3. The zero-order valence-corrected chi connectivity index (χ0v) is 15.7. The summed E-state index contributed by atoms with van der Waals surface area (Å²) in [6, 6.07) is 1.39. The van der Waals surface area contributed by atoms with Crippen LogP contribution in [0.15, 0.2) is 18.5 Å². The highest BCUT2D eigenvalue weighted by Gasteiger charge is 2.37. The summed E-state index contributed by atoms with van der Waals surface area (Å²) >= 11 is 0. The molecule has 2 aliphatic heterocycles. The maximum atomic E-state index is 12.6. The van der Waals surface area contributed by atoms with Crippen LogP contribution >= 0.6 is 0 Å². The minimum atomic E-state index is -0.882. The number of piperidine rings is 1. The van der Waals surface area contributed by atoms with Crippen LogP contribution in [0.2, 0.25) is 0 Å². The average molecular weight is 364 g/mol. The zero-order chi connectivity index (χ0) is 18.7. The maximum absolute atomic E-state index is 12.6. The van der Waals surface area contributed by atoms with Crippen LogP contribution in [0, 0.1) is 0 Å². The van der Waals surface area contributed by atoms with E-state index in [0.29, 0.717) is 37.5 Å². The number of likely N-dealkylation sites (tertiary alicyclic amines) is 1. The van der Waals surface area contributed by atoms with Gasteiger partial charge in [-0.25, -0.2) is 4.79 Å².